The molecule has 7 heteroatoms. The third-order valence-electron chi connectivity index (χ3n) is 1.62. The fourth-order valence-electron chi connectivity index (χ4n) is 0.979. The first-order valence-electron chi connectivity index (χ1n) is 3.46. The van der Waals surface area contributed by atoms with Crippen LogP contribution in [-0.4, -0.2) is 17.7 Å². The summed E-state index contributed by atoms with van der Waals surface area (Å²) in [6, 6.07) is 0.375. The molecule has 0 unspecified atom stereocenters. The van der Waals surface area contributed by atoms with Gasteiger partial charge in [-0.15, -0.1) is 0 Å². The van der Waals surface area contributed by atoms with Gasteiger partial charge in [0.25, 0.3) is 0 Å². The van der Waals surface area contributed by atoms with E-state index in [1.54, 1.807) is 0 Å². The monoisotopic (exact) mass is 206 g/mol. The van der Waals surface area contributed by atoms with Gasteiger partial charge in [0, 0.05) is 0 Å². The van der Waals surface area contributed by atoms with Crippen LogP contribution in [0.2, 0.25) is 0 Å². The number of hydrogen-bond donors (Lipinski definition) is 0. The second kappa shape index (κ2) is 3.52. The maximum absolute atomic E-state index is 12.8. The van der Waals surface area contributed by atoms with Gasteiger partial charge < -0.3 is 0 Å². The Morgan fingerprint density at radius 1 is 1.00 bits per heavy atom. The normalized spacial score (nSPS) is 12.0. The van der Waals surface area contributed by atoms with Crippen molar-refractivity contribution in [3.05, 3.63) is 29.1 Å². The Kier molecular flexibility index (Phi) is 2.88. The van der Waals surface area contributed by atoms with Crippen LogP contribution in [-0.2, 0) is 6.18 Å². The summed E-state index contributed by atoms with van der Waals surface area (Å²) in [5.41, 5.74) is -2.19. The van der Waals surface area contributed by atoms with Gasteiger partial charge in [0.1, 0.15) is 0 Å². The zero-order valence-electron chi connectivity index (χ0n) is 6.85. The molecule has 0 saturated carbocycles. The standard InChI is InChI=1S/C7HF6.Li/c8-3-1-2-4(9)6(10)5(3)7(11,12)13;/h2H;. The Morgan fingerprint density at radius 2 is 1.50 bits per heavy atom. The van der Waals surface area contributed by atoms with Crippen LogP contribution in [0.4, 0.5) is 26.3 Å². The molecule has 1 aromatic carbocycles. The molecule has 14 heavy (non-hydrogen) atoms. The van der Waals surface area contributed by atoms with E-state index < -0.39 is 33.4 Å². The second-order valence-electron chi connectivity index (χ2n) is 2.68. The molecule has 0 amide bonds. The Balaban J connectivity index is 3.56. The molecule has 1 aromatic rings. The molecule has 0 aliphatic heterocycles. The Bertz CT molecular complexity index is 343. The van der Waals surface area contributed by atoms with Gasteiger partial charge in [-0.05, 0) is 0 Å². The summed E-state index contributed by atoms with van der Waals surface area (Å²) >= 11 is 0.924. The SMILES string of the molecule is [Li][c]1cc(F)c(F)c(C(F)(F)F)c1F. The minimum atomic E-state index is -5.24. The molecule has 0 aromatic heterocycles. The van der Waals surface area contributed by atoms with Crippen LogP contribution in [0.5, 0.6) is 0 Å². The Morgan fingerprint density at radius 3 is 1.93 bits per heavy atom. The zero-order chi connectivity index (χ0) is 11.1. The van der Waals surface area contributed by atoms with E-state index in [9.17, 15) is 26.3 Å². The zero-order valence-corrected chi connectivity index (χ0v) is 6.85. The average Bonchev–Trinajstić information content (AvgIpc) is 1.98. The fourth-order valence-corrected chi connectivity index (χ4v) is 0.979. The summed E-state index contributed by atoms with van der Waals surface area (Å²) < 4.78 is 73.4. The van der Waals surface area contributed by atoms with Gasteiger partial charge in [0.15, 0.2) is 0 Å². The molecule has 1 rings (SSSR count). The minimum absolute atomic E-state index is 0.375. The molecule has 0 spiro atoms. The molecule has 0 aliphatic carbocycles. The molecule has 0 heterocycles. The van der Waals surface area contributed by atoms with Crippen molar-refractivity contribution in [2.75, 3.05) is 0 Å². The third-order valence-corrected chi connectivity index (χ3v) is 1.62. The summed E-state index contributed by atoms with van der Waals surface area (Å²) in [6.45, 7) is 0. The van der Waals surface area contributed by atoms with E-state index in [-0.39, 0.29) is 0 Å². The van der Waals surface area contributed by atoms with E-state index in [1.165, 1.54) is 0 Å². The van der Waals surface area contributed by atoms with Crippen molar-refractivity contribution in [3.8, 4) is 0 Å². The molecule has 0 bridgehead atoms. The molecular weight excluding hydrogens is 205 g/mol. The van der Waals surface area contributed by atoms with E-state index >= 15 is 0 Å². The van der Waals surface area contributed by atoms with Crippen LogP contribution < -0.4 is 4.24 Å². The van der Waals surface area contributed by atoms with Crippen molar-refractivity contribution in [3.63, 3.8) is 0 Å². The number of rotatable bonds is 0. The molecule has 0 saturated heterocycles. The summed E-state index contributed by atoms with van der Waals surface area (Å²) in [5, 5.41) is 0. The van der Waals surface area contributed by atoms with Crippen molar-refractivity contribution in [1.29, 1.82) is 0 Å². The first-order chi connectivity index (χ1) is 6.25. The van der Waals surface area contributed by atoms with Crippen LogP contribution in [0.3, 0.4) is 0 Å². The number of benzene rings is 1. The molecule has 0 radical (unpaired) electrons. The van der Waals surface area contributed by atoms with Gasteiger partial charge >= 0.3 is 83.6 Å². The van der Waals surface area contributed by atoms with Gasteiger partial charge in [-0.1, -0.05) is 0 Å². The van der Waals surface area contributed by atoms with E-state index in [1.807, 2.05) is 0 Å². The van der Waals surface area contributed by atoms with Crippen LogP contribution in [0, 0.1) is 17.5 Å². The summed E-state index contributed by atoms with van der Waals surface area (Å²) in [7, 11) is 0. The summed E-state index contributed by atoms with van der Waals surface area (Å²) in [6.07, 6.45) is -5.24. The van der Waals surface area contributed by atoms with E-state index in [0.717, 1.165) is 17.7 Å². The van der Waals surface area contributed by atoms with E-state index in [0.29, 0.717) is 6.07 Å². The van der Waals surface area contributed by atoms with E-state index in [4.69, 9.17) is 0 Å². The average molecular weight is 206 g/mol. The van der Waals surface area contributed by atoms with Crippen molar-refractivity contribution >= 4 is 22.0 Å². The van der Waals surface area contributed by atoms with Gasteiger partial charge in [-0.2, -0.15) is 0 Å². The van der Waals surface area contributed by atoms with Crippen LogP contribution in [0.15, 0.2) is 6.07 Å². The molecule has 0 aliphatic rings. The third kappa shape index (κ3) is 1.91. The molecule has 0 N–H and O–H groups in total. The summed E-state index contributed by atoms with van der Waals surface area (Å²) in [4.78, 5) is 0. The van der Waals surface area contributed by atoms with Crippen LogP contribution >= 0.6 is 0 Å². The van der Waals surface area contributed by atoms with E-state index in [2.05, 4.69) is 0 Å². The maximum atomic E-state index is 12.8. The number of hydrogen-bond acceptors (Lipinski definition) is 0. The van der Waals surface area contributed by atoms with Gasteiger partial charge in [-0.25, -0.2) is 0 Å². The topological polar surface area (TPSA) is 0 Å². The molecular formula is C7HF6Li. The predicted octanol–water partition coefficient (Wildman–Crippen LogP) is 1.92. The predicted molar refractivity (Wildman–Crippen MR) is 36.7 cm³/mol. The van der Waals surface area contributed by atoms with Crippen molar-refractivity contribution in [2.45, 2.75) is 6.18 Å². The number of halogens is 6. The summed E-state index contributed by atoms with van der Waals surface area (Å²) in [5.74, 6) is -5.70. The first kappa shape index (κ1) is 11.5. The number of alkyl halides is 3. The molecule has 72 valence electrons. The quantitative estimate of drug-likeness (QED) is 0.345. The van der Waals surface area contributed by atoms with Crippen LogP contribution in [0.1, 0.15) is 5.56 Å². The Hall–Kier alpha value is -0.603. The fraction of sp³-hybridized carbons (Fsp3) is 0.143. The van der Waals surface area contributed by atoms with Crippen molar-refractivity contribution in [1.82, 2.24) is 0 Å². The Labute approximate surface area is 84.1 Å². The van der Waals surface area contributed by atoms with Gasteiger partial charge in [0.05, 0.1) is 0 Å². The van der Waals surface area contributed by atoms with Crippen molar-refractivity contribution < 1.29 is 26.3 Å². The van der Waals surface area contributed by atoms with Crippen molar-refractivity contribution in [2.24, 2.45) is 0 Å². The molecule has 0 atom stereocenters. The second-order valence-corrected chi connectivity index (χ2v) is 2.68. The van der Waals surface area contributed by atoms with Crippen LogP contribution in [0.25, 0.3) is 0 Å². The first-order valence-corrected chi connectivity index (χ1v) is 3.46. The van der Waals surface area contributed by atoms with Gasteiger partial charge in [0.2, 0.25) is 0 Å². The molecule has 0 nitrogen and oxygen atoms in total. The molecule has 0 fully saturated rings. The van der Waals surface area contributed by atoms with Gasteiger partial charge in [-0.3, -0.25) is 0 Å².